The largest absolute Gasteiger partial charge is 0.384 e. The number of nitrogens with two attached hydrogens (primary N) is 1. The Labute approximate surface area is 142 Å². The minimum Gasteiger partial charge on any atom is -0.384 e. The van der Waals surface area contributed by atoms with E-state index in [-0.39, 0.29) is 0 Å². The van der Waals surface area contributed by atoms with Crippen LogP contribution in [0.2, 0.25) is 0 Å². The van der Waals surface area contributed by atoms with Gasteiger partial charge in [0.05, 0.1) is 11.4 Å². The van der Waals surface area contributed by atoms with Crippen molar-refractivity contribution in [2.45, 2.75) is 32.2 Å². The summed E-state index contributed by atoms with van der Waals surface area (Å²) in [5.74, 6) is 1.10. The predicted octanol–water partition coefficient (Wildman–Crippen LogP) is 3.00. The quantitative estimate of drug-likeness (QED) is 0.805. The van der Waals surface area contributed by atoms with Gasteiger partial charge in [-0.05, 0) is 31.9 Å². The number of hydrogen-bond donors (Lipinski definition) is 1. The number of anilines is 1. The van der Waals surface area contributed by atoms with Gasteiger partial charge < -0.3 is 5.73 Å². The van der Waals surface area contributed by atoms with Crippen molar-refractivity contribution < 1.29 is 0 Å². The van der Waals surface area contributed by atoms with Crippen molar-refractivity contribution in [3.8, 4) is 0 Å². The van der Waals surface area contributed by atoms with Crippen LogP contribution in [0.25, 0.3) is 5.65 Å². The molecule has 1 aliphatic rings. The molecule has 124 valence electrons. The zero-order chi connectivity index (χ0) is 16.5. The highest BCUT2D eigenvalue weighted by Crippen LogP contribution is 2.28. The number of benzene rings is 1. The number of aromatic nitrogens is 3. The Hall–Kier alpha value is -2.40. The number of aryl methyl sites for hydroxylation is 1. The van der Waals surface area contributed by atoms with Crippen molar-refractivity contribution in [2.24, 2.45) is 0 Å². The van der Waals surface area contributed by atoms with E-state index in [1.165, 1.54) is 18.4 Å². The van der Waals surface area contributed by atoms with E-state index in [4.69, 9.17) is 10.7 Å². The second kappa shape index (κ2) is 6.24. The van der Waals surface area contributed by atoms with E-state index in [0.717, 1.165) is 36.7 Å². The number of fused-ring (bicyclic) bond motifs is 1. The first-order valence-corrected chi connectivity index (χ1v) is 8.58. The lowest BCUT2D eigenvalue weighted by molar-refractivity contribution is 0.198. The van der Waals surface area contributed by atoms with Gasteiger partial charge in [-0.3, -0.25) is 4.90 Å². The number of nitrogens with zero attached hydrogens (tertiary/aromatic N) is 4. The molecule has 0 bridgehead atoms. The lowest BCUT2D eigenvalue weighted by atomic mass is 9.94. The van der Waals surface area contributed by atoms with Crippen LogP contribution in [0, 0.1) is 6.92 Å². The van der Waals surface area contributed by atoms with E-state index in [0.29, 0.717) is 11.7 Å². The Kier molecular flexibility index (Phi) is 3.94. The molecule has 1 aromatic carbocycles. The third-order valence-electron chi connectivity index (χ3n) is 4.77. The van der Waals surface area contributed by atoms with Crippen LogP contribution in [0.5, 0.6) is 0 Å². The number of rotatable bonds is 3. The van der Waals surface area contributed by atoms with Crippen molar-refractivity contribution >= 4 is 11.5 Å². The van der Waals surface area contributed by atoms with Gasteiger partial charge in [-0.25, -0.2) is 4.98 Å². The summed E-state index contributed by atoms with van der Waals surface area (Å²) >= 11 is 0. The molecule has 0 saturated carbocycles. The predicted molar refractivity (Wildman–Crippen MR) is 95.8 cm³/mol. The molecule has 5 heteroatoms. The van der Waals surface area contributed by atoms with E-state index >= 15 is 0 Å². The van der Waals surface area contributed by atoms with Gasteiger partial charge in [0.25, 0.3) is 0 Å². The topological polar surface area (TPSA) is 59.5 Å². The molecule has 1 atom stereocenters. The second-order valence-electron chi connectivity index (χ2n) is 6.72. The van der Waals surface area contributed by atoms with Crippen molar-refractivity contribution in [3.05, 3.63) is 59.4 Å². The van der Waals surface area contributed by atoms with E-state index < -0.39 is 0 Å². The maximum absolute atomic E-state index is 6.18. The molecule has 3 aromatic rings. The van der Waals surface area contributed by atoms with E-state index in [1.54, 1.807) is 4.52 Å². The van der Waals surface area contributed by atoms with Crippen molar-refractivity contribution in [1.82, 2.24) is 19.5 Å². The normalized spacial score (nSPS) is 19.0. The molecule has 0 spiro atoms. The zero-order valence-corrected chi connectivity index (χ0v) is 14.0. The van der Waals surface area contributed by atoms with Gasteiger partial charge in [0.1, 0.15) is 5.82 Å². The molecular weight excluding hydrogens is 298 g/mol. The average Bonchev–Trinajstić information content (AvgIpc) is 2.97. The van der Waals surface area contributed by atoms with Crippen LogP contribution in [-0.4, -0.2) is 32.6 Å². The molecule has 24 heavy (non-hydrogen) atoms. The second-order valence-corrected chi connectivity index (χ2v) is 6.72. The number of likely N-dealkylation sites (tertiary alicyclic amines) is 1. The molecule has 1 saturated heterocycles. The monoisotopic (exact) mass is 321 g/mol. The lowest BCUT2D eigenvalue weighted by Gasteiger charge is -2.32. The smallest absolute Gasteiger partial charge is 0.157 e. The molecule has 0 radical (unpaired) electrons. The summed E-state index contributed by atoms with van der Waals surface area (Å²) in [6.45, 7) is 5.15. The maximum Gasteiger partial charge on any atom is 0.157 e. The molecule has 2 N–H and O–H groups in total. The number of nitrogen functional groups attached to an aromatic ring is 1. The van der Waals surface area contributed by atoms with Gasteiger partial charge in [0, 0.05) is 31.1 Å². The maximum atomic E-state index is 6.18. The summed E-state index contributed by atoms with van der Waals surface area (Å²) in [4.78, 5) is 7.34. The first-order valence-electron chi connectivity index (χ1n) is 8.58. The van der Waals surface area contributed by atoms with Crippen LogP contribution in [0.1, 0.15) is 35.7 Å². The minimum absolute atomic E-state index is 0.435. The summed E-state index contributed by atoms with van der Waals surface area (Å²) in [6.07, 6.45) is 2.36. The van der Waals surface area contributed by atoms with Crippen molar-refractivity contribution in [1.29, 1.82) is 0 Å². The molecule has 0 aliphatic carbocycles. The molecule has 3 heterocycles. The fraction of sp³-hybridized carbons (Fsp3) is 0.368. The number of piperidine rings is 1. The van der Waals surface area contributed by atoms with Crippen LogP contribution < -0.4 is 5.73 Å². The van der Waals surface area contributed by atoms with Crippen LogP contribution in [0.15, 0.2) is 42.5 Å². The van der Waals surface area contributed by atoms with Crippen LogP contribution in [0.4, 0.5) is 5.82 Å². The molecule has 4 rings (SSSR count). The zero-order valence-electron chi connectivity index (χ0n) is 14.0. The van der Waals surface area contributed by atoms with Crippen LogP contribution in [0.3, 0.4) is 0 Å². The highest BCUT2D eigenvalue weighted by atomic mass is 15.3. The van der Waals surface area contributed by atoms with Gasteiger partial charge in [0.2, 0.25) is 0 Å². The third-order valence-corrected chi connectivity index (χ3v) is 4.77. The fourth-order valence-electron chi connectivity index (χ4n) is 3.62. The molecule has 2 aromatic heterocycles. The van der Waals surface area contributed by atoms with Gasteiger partial charge in [-0.1, -0.05) is 30.3 Å². The van der Waals surface area contributed by atoms with Crippen LogP contribution in [-0.2, 0) is 6.54 Å². The summed E-state index contributed by atoms with van der Waals surface area (Å²) in [5, 5.41) is 4.39. The molecule has 1 aliphatic heterocycles. The van der Waals surface area contributed by atoms with E-state index in [1.807, 2.05) is 19.1 Å². The van der Waals surface area contributed by atoms with Gasteiger partial charge >= 0.3 is 0 Å². The van der Waals surface area contributed by atoms with Gasteiger partial charge in [-0.15, -0.1) is 0 Å². The van der Waals surface area contributed by atoms with Gasteiger partial charge in [-0.2, -0.15) is 9.61 Å². The standard InChI is InChI=1S/C19H23N5/c1-14-10-19-21-17(11-18(20)24(19)22-14)16-8-5-9-23(13-16)12-15-6-3-2-4-7-15/h2-4,6-7,10-11,16H,5,8-9,12-13,20H2,1H3. The lowest BCUT2D eigenvalue weighted by Crippen LogP contribution is -2.34. The van der Waals surface area contributed by atoms with E-state index in [9.17, 15) is 0 Å². The van der Waals surface area contributed by atoms with E-state index in [2.05, 4.69) is 40.3 Å². The third kappa shape index (κ3) is 2.99. The summed E-state index contributed by atoms with van der Waals surface area (Å²) in [7, 11) is 0. The number of hydrogen-bond acceptors (Lipinski definition) is 4. The van der Waals surface area contributed by atoms with Crippen molar-refractivity contribution in [2.75, 3.05) is 18.8 Å². The molecule has 1 fully saturated rings. The Morgan fingerprint density at radius 3 is 2.88 bits per heavy atom. The molecular formula is C19H23N5. The average molecular weight is 321 g/mol. The Morgan fingerprint density at radius 1 is 1.21 bits per heavy atom. The van der Waals surface area contributed by atoms with Crippen molar-refractivity contribution in [3.63, 3.8) is 0 Å². The summed E-state index contributed by atoms with van der Waals surface area (Å²) in [5.41, 5.74) is 10.4. The SMILES string of the molecule is Cc1cc2nc(C3CCCN(Cc4ccccc4)C3)cc(N)n2n1. The first-order chi connectivity index (χ1) is 11.7. The van der Waals surface area contributed by atoms with Gasteiger partial charge in [0.15, 0.2) is 5.65 Å². The highest BCUT2D eigenvalue weighted by molar-refractivity contribution is 5.48. The molecule has 0 amide bonds. The molecule has 1 unspecified atom stereocenters. The first kappa shape index (κ1) is 15.1. The van der Waals surface area contributed by atoms with Crippen LogP contribution >= 0.6 is 0 Å². The Balaban J connectivity index is 1.55. The fourth-order valence-corrected chi connectivity index (χ4v) is 3.62. The highest BCUT2D eigenvalue weighted by Gasteiger charge is 2.23. The Bertz CT molecular complexity index is 840. The molecule has 5 nitrogen and oxygen atoms in total. The minimum atomic E-state index is 0.435. The summed E-state index contributed by atoms with van der Waals surface area (Å²) in [6, 6.07) is 14.7. The Morgan fingerprint density at radius 2 is 2.04 bits per heavy atom. The summed E-state index contributed by atoms with van der Waals surface area (Å²) < 4.78 is 1.73.